The number of likely N-dealkylation sites (tertiary alicyclic amines) is 1. The van der Waals surface area contributed by atoms with Gasteiger partial charge in [-0.2, -0.15) is 5.10 Å². The van der Waals surface area contributed by atoms with Crippen LogP contribution < -0.4 is 10.9 Å². The minimum atomic E-state index is -0.125. The molecule has 2 atom stereocenters. The Balaban J connectivity index is 1.30. The number of nitrogens with zero attached hydrogens (tertiary/aromatic N) is 3. The van der Waals surface area contributed by atoms with Crippen molar-refractivity contribution in [1.82, 2.24) is 25.0 Å². The van der Waals surface area contributed by atoms with Crippen molar-refractivity contribution >= 4 is 5.91 Å². The third-order valence-corrected chi connectivity index (χ3v) is 5.76. The molecule has 2 N–H and O–H groups in total. The summed E-state index contributed by atoms with van der Waals surface area (Å²) in [5, 5.41) is 10.1. The predicted octanol–water partition coefficient (Wildman–Crippen LogP) is 1.62. The molecule has 2 aliphatic rings. The van der Waals surface area contributed by atoms with Crippen LogP contribution in [0.25, 0.3) is 0 Å². The topological polar surface area (TPSA) is 83.0 Å². The highest BCUT2D eigenvalue weighted by molar-refractivity contribution is 5.92. The molecule has 0 radical (unpaired) electrons. The summed E-state index contributed by atoms with van der Waals surface area (Å²) in [5.74, 6) is 1.31. The number of hydrogen-bond acceptors (Lipinski definition) is 4. The predicted molar refractivity (Wildman–Crippen MR) is 107 cm³/mol. The Kier molecular flexibility index (Phi) is 5.35. The van der Waals surface area contributed by atoms with E-state index in [1.165, 1.54) is 0 Å². The normalized spacial score (nSPS) is 21.5. The van der Waals surface area contributed by atoms with Gasteiger partial charge in [0.05, 0.1) is 0 Å². The van der Waals surface area contributed by atoms with Crippen LogP contribution in [-0.4, -0.2) is 51.8 Å². The standard InChI is InChI=1S/C21H29N5O2/c1-14(2)8-17-10-18(24-23-17)21(28)22-6-7-25-11-15-9-16(13-25)19-4-3-5-20(27)26(19)12-15/h3-5,10,14-16H,6-9,11-13H2,1-2H3,(H,22,28)(H,23,24). The van der Waals surface area contributed by atoms with Crippen molar-refractivity contribution in [1.29, 1.82) is 0 Å². The average Bonchev–Trinajstić information content (AvgIpc) is 3.10. The number of amides is 1. The average molecular weight is 383 g/mol. The number of hydrogen-bond donors (Lipinski definition) is 2. The van der Waals surface area contributed by atoms with Crippen LogP contribution in [0.3, 0.4) is 0 Å². The molecule has 1 saturated heterocycles. The number of aromatic nitrogens is 3. The van der Waals surface area contributed by atoms with E-state index in [0.29, 0.717) is 30.0 Å². The summed E-state index contributed by atoms with van der Waals surface area (Å²) < 4.78 is 1.95. The van der Waals surface area contributed by atoms with Gasteiger partial charge >= 0.3 is 0 Å². The van der Waals surface area contributed by atoms with Gasteiger partial charge in [0.25, 0.3) is 11.5 Å². The molecule has 2 unspecified atom stereocenters. The van der Waals surface area contributed by atoms with Gasteiger partial charge < -0.3 is 14.8 Å². The maximum absolute atomic E-state index is 12.3. The number of nitrogens with one attached hydrogen (secondary N) is 2. The van der Waals surface area contributed by atoms with Crippen LogP contribution in [0.4, 0.5) is 0 Å². The molecule has 1 amide bonds. The molecule has 2 bridgehead atoms. The van der Waals surface area contributed by atoms with Gasteiger partial charge in [0.2, 0.25) is 0 Å². The van der Waals surface area contributed by atoms with Gasteiger partial charge in [-0.1, -0.05) is 19.9 Å². The number of aromatic amines is 1. The Hall–Kier alpha value is -2.41. The van der Waals surface area contributed by atoms with Crippen LogP contribution in [0.1, 0.15) is 48.1 Å². The van der Waals surface area contributed by atoms with E-state index in [9.17, 15) is 9.59 Å². The van der Waals surface area contributed by atoms with Crippen molar-refractivity contribution in [3.05, 3.63) is 51.7 Å². The lowest BCUT2D eigenvalue weighted by Crippen LogP contribution is -2.48. The van der Waals surface area contributed by atoms with Crippen molar-refractivity contribution in [2.75, 3.05) is 26.2 Å². The smallest absolute Gasteiger partial charge is 0.271 e. The van der Waals surface area contributed by atoms with Crippen molar-refractivity contribution in [3.8, 4) is 0 Å². The van der Waals surface area contributed by atoms with Crippen molar-refractivity contribution < 1.29 is 4.79 Å². The van der Waals surface area contributed by atoms with Crippen LogP contribution >= 0.6 is 0 Å². The van der Waals surface area contributed by atoms with E-state index >= 15 is 0 Å². The second kappa shape index (κ2) is 7.91. The van der Waals surface area contributed by atoms with Gasteiger partial charge in [-0.15, -0.1) is 0 Å². The largest absolute Gasteiger partial charge is 0.349 e. The highest BCUT2D eigenvalue weighted by Gasteiger charge is 2.34. The summed E-state index contributed by atoms with van der Waals surface area (Å²) in [7, 11) is 0. The fraction of sp³-hybridized carbons (Fsp3) is 0.571. The Bertz CT molecular complexity index is 900. The summed E-state index contributed by atoms with van der Waals surface area (Å²) in [5.41, 5.74) is 2.73. The van der Waals surface area contributed by atoms with E-state index in [0.717, 1.165) is 50.4 Å². The van der Waals surface area contributed by atoms with E-state index in [1.807, 2.05) is 16.7 Å². The van der Waals surface area contributed by atoms with Crippen molar-refractivity contribution in [2.45, 2.75) is 39.2 Å². The zero-order valence-corrected chi connectivity index (χ0v) is 16.6. The van der Waals surface area contributed by atoms with Gasteiger partial charge in [0, 0.05) is 56.1 Å². The molecule has 28 heavy (non-hydrogen) atoms. The second-order valence-electron chi connectivity index (χ2n) is 8.59. The lowest BCUT2D eigenvalue weighted by molar-refractivity contribution is 0.0923. The maximum atomic E-state index is 12.3. The van der Waals surface area contributed by atoms with Crippen LogP contribution in [-0.2, 0) is 13.0 Å². The van der Waals surface area contributed by atoms with Crippen LogP contribution in [0.5, 0.6) is 0 Å². The first-order valence-electron chi connectivity index (χ1n) is 10.2. The number of rotatable bonds is 6. The minimum absolute atomic E-state index is 0.115. The van der Waals surface area contributed by atoms with E-state index in [2.05, 4.69) is 40.3 Å². The molecule has 0 aromatic carbocycles. The molecule has 1 fully saturated rings. The Morgan fingerprint density at radius 3 is 3.00 bits per heavy atom. The fourth-order valence-corrected chi connectivity index (χ4v) is 4.62. The van der Waals surface area contributed by atoms with E-state index in [1.54, 1.807) is 6.07 Å². The highest BCUT2D eigenvalue weighted by Crippen LogP contribution is 2.34. The SMILES string of the molecule is CC(C)Cc1cc(C(=O)NCCN2CC3CC(C2)c2cccc(=O)n2C3)n[nH]1. The quantitative estimate of drug-likeness (QED) is 0.794. The van der Waals surface area contributed by atoms with Crippen LogP contribution in [0.2, 0.25) is 0 Å². The Morgan fingerprint density at radius 1 is 1.32 bits per heavy atom. The zero-order chi connectivity index (χ0) is 19.7. The number of carbonyl (C=O) groups excluding carboxylic acids is 1. The summed E-state index contributed by atoms with van der Waals surface area (Å²) >= 11 is 0. The molecule has 2 aliphatic heterocycles. The first kappa shape index (κ1) is 18.9. The van der Waals surface area contributed by atoms with Gasteiger partial charge in [-0.3, -0.25) is 14.7 Å². The molecule has 2 aromatic rings. The Morgan fingerprint density at radius 2 is 2.18 bits per heavy atom. The second-order valence-corrected chi connectivity index (χ2v) is 8.59. The summed E-state index contributed by atoms with van der Waals surface area (Å²) in [4.78, 5) is 26.9. The lowest BCUT2D eigenvalue weighted by atomic mass is 9.83. The summed E-state index contributed by atoms with van der Waals surface area (Å²) in [6.45, 7) is 8.43. The van der Waals surface area contributed by atoms with Gasteiger partial charge in [-0.05, 0) is 36.8 Å². The fourth-order valence-electron chi connectivity index (χ4n) is 4.62. The molecule has 4 rings (SSSR count). The monoisotopic (exact) mass is 383 g/mol. The maximum Gasteiger partial charge on any atom is 0.271 e. The van der Waals surface area contributed by atoms with E-state index < -0.39 is 0 Å². The zero-order valence-electron chi connectivity index (χ0n) is 16.6. The first-order chi connectivity index (χ1) is 13.5. The lowest BCUT2D eigenvalue weighted by Gasteiger charge is -2.42. The molecule has 4 heterocycles. The number of H-pyrrole nitrogens is 1. The van der Waals surface area contributed by atoms with Crippen LogP contribution in [0, 0.1) is 11.8 Å². The van der Waals surface area contributed by atoms with Crippen LogP contribution in [0.15, 0.2) is 29.1 Å². The number of fused-ring (bicyclic) bond motifs is 4. The molecule has 0 aliphatic carbocycles. The minimum Gasteiger partial charge on any atom is -0.349 e. The first-order valence-corrected chi connectivity index (χ1v) is 10.2. The number of piperidine rings is 1. The van der Waals surface area contributed by atoms with Crippen molar-refractivity contribution in [2.24, 2.45) is 11.8 Å². The number of pyridine rings is 1. The van der Waals surface area contributed by atoms with E-state index in [4.69, 9.17) is 0 Å². The molecule has 7 heteroatoms. The summed E-state index contributed by atoms with van der Waals surface area (Å²) in [6.07, 6.45) is 2.04. The summed E-state index contributed by atoms with van der Waals surface area (Å²) in [6, 6.07) is 7.44. The molecule has 0 saturated carbocycles. The molecule has 150 valence electrons. The third-order valence-electron chi connectivity index (χ3n) is 5.76. The van der Waals surface area contributed by atoms with Gasteiger partial charge in [0.1, 0.15) is 5.69 Å². The van der Waals surface area contributed by atoms with Gasteiger partial charge in [-0.25, -0.2) is 0 Å². The van der Waals surface area contributed by atoms with E-state index in [-0.39, 0.29) is 11.5 Å². The molecular weight excluding hydrogens is 354 g/mol. The highest BCUT2D eigenvalue weighted by atomic mass is 16.2. The van der Waals surface area contributed by atoms with Gasteiger partial charge in [0.15, 0.2) is 0 Å². The van der Waals surface area contributed by atoms with Crippen molar-refractivity contribution in [3.63, 3.8) is 0 Å². The molecular formula is C21H29N5O2. The molecule has 2 aromatic heterocycles. The third kappa shape index (κ3) is 4.04. The molecule has 0 spiro atoms. The number of carbonyl (C=O) groups is 1. The molecule has 7 nitrogen and oxygen atoms in total. The Labute approximate surface area is 165 Å².